The van der Waals surface area contributed by atoms with E-state index in [0.717, 1.165) is 18.7 Å². The molecule has 16 heavy (non-hydrogen) atoms. The highest BCUT2D eigenvalue weighted by atomic mass is 32.1. The predicted octanol–water partition coefficient (Wildman–Crippen LogP) is 0.395. The molecule has 0 aromatic carbocycles. The van der Waals surface area contributed by atoms with E-state index in [1.165, 1.54) is 0 Å². The average molecular weight is 244 g/mol. The van der Waals surface area contributed by atoms with Crippen molar-refractivity contribution in [2.24, 2.45) is 5.73 Å². The lowest BCUT2D eigenvalue weighted by molar-refractivity contribution is -0.122. The molecule has 0 saturated carbocycles. The summed E-state index contributed by atoms with van der Waals surface area (Å²) in [6.07, 6.45) is 1.87. The molecule has 0 spiro atoms. The zero-order valence-corrected chi connectivity index (χ0v) is 10.0. The molecule has 0 atom stereocenters. The van der Waals surface area contributed by atoms with Crippen molar-refractivity contribution in [1.82, 2.24) is 14.8 Å². The van der Waals surface area contributed by atoms with Crippen LogP contribution >= 0.6 is 12.2 Å². The third kappa shape index (κ3) is 3.74. The number of hydrogen-bond acceptors (Lipinski definition) is 4. The van der Waals surface area contributed by atoms with Crippen molar-refractivity contribution < 1.29 is 9.53 Å². The van der Waals surface area contributed by atoms with Gasteiger partial charge in [-0.1, -0.05) is 6.92 Å². The van der Waals surface area contributed by atoms with Crippen LogP contribution in [0.15, 0.2) is 0 Å². The number of carbonyl (C=O) groups excluding carboxylic acids is 1. The fourth-order valence-electron chi connectivity index (χ4n) is 1.32. The molecule has 0 saturated heterocycles. The van der Waals surface area contributed by atoms with Gasteiger partial charge in [0.25, 0.3) is 0 Å². The summed E-state index contributed by atoms with van der Waals surface area (Å²) in [5.41, 5.74) is 4.95. The standard InChI is InChI=1S/C9H16N4O2S/c1-2-3-8-11-12-9(16)13(8)4-5-15-6-7(10)14/h2-6H2,1H3,(H2,10,14)(H,12,16). The van der Waals surface area contributed by atoms with E-state index in [2.05, 4.69) is 17.1 Å². The quantitative estimate of drug-likeness (QED) is 0.537. The van der Waals surface area contributed by atoms with Gasteiger partial charge in [0.1, 0.15) is 12.4 Å². The van der Waals surface area contributed by atoms with Crippen LogP contribution in [0.5, 0.6) is 0 Å². The second kappa shape index (κ2) is 6.39. The average Bonchev–Trinajstić information content (AvgIpc) is 2.56. The summed E-state index contributed by atoms with van der Waals surface area (Å²) in [6.45, 7) is 2.99. The molecule has 0 radical (unpaired) electrons. The largest absolute Gasteiger partial charge is 0.370 e. The van der Waals surface area contributed by atoms with E-state index in [1.54, 1.807) is 0 Å². The highest BCUT2D eigenvalue weighted by Crippen LogP contribution is 2.01. The van der Waals surface area contributed by atoms with Crippen molar-refractivity contribution in [1.29, 1.82) is 0 Å². The number of nitrogens with one attached hydrogen (secondary N) is 1. The highest BCUT2D eigenvalue weighted by Gasteiger charge is 2.04. The molecule has 1 heterocycles. The third-order valence-electron chi connectivity index (χ3n) is 2.01. The van der Waals surface area contributed by atoms with Crippen molar-refractivity contribution in [2.45, 2.75) is 26.3 Å². The van der Waals surface area contributed by atoms with Gasteiger partial charge in [-0.15, -0.1) is 0 Å². The number of ether oxygens (including phenoxy) is 1. The SMILES string of the molecule is CCCc1n[nH]c(=S)n1CCOCC(N)=O. The molecule has 90 valence electrons. The summed E-state index contributed by atoms with van der Waals surface area (Å²) in [7, 11) is 0. The van der Waals surface area contributed by atoms with Crippen LogP contribution in [-0.2, 0) is 22.5 Å². The zero-order chi connectivity index (χ0) is 12.0. The highest BCUT2D eigenvalue weighted by molar-refractivity contribution is 7.71. The first-order valence-electron chi connectivity index (χ1n) is 5.15. The number of hydrogen-bond donors (Lipinski definition) is 2. The van der Waals surface area contributed by atoms with Gasteiger partial charge in [-0.05, 0) is 18.6 Å². The summed E-state index contributed by atoms with van der Waals surface area (Å²) in [5.74, 6) is 0.444. The molecule has 0 aliphatic carbocycles. The van der Waals surface area contributed by atoms with E-state index >= 15 is 0 Å². The van der Waals surface area contributed by atoms with Crippen LogP contribution in [0, 0.1) is 4.77 Å². The number of primary amides is 1. The van der Waals surface area contributed by atoms with Crippen LogP contribution in [0.3, 0.4) is 0 Å². The molecule has 1 rings (SSSR count). The van der Waals surface area contributed by atoms with E-state index in [9.17, 15) is 4.79 Å². The lowest BCUT2D eigenvalue weighted by Crippen LogP contribution is -2.20. The molecule has 0 bridgehead atoms. The Morgan fingerprint density at radius 1 is 1.69 bits per heavy atom. The first-order chi connectivity index (χ1) is 7.65. The van der Waals surface area contributed by atoms with Crippen molar-refractivity contribution in [2.75, 3.05) is 13.2 Å². The zero-order valence-electron chi connectivity index (χ0n) is 9.23. The smallest absolute Gasteiger partial charge is 0.243 e. The van der Waals surface area contributed by atoms with Gasteiger partial charge in [0.2, 0.25) is 5.91 Å². The van der Waals surface area contributed by atoms with Crippen LogP contribution in [0.25, 0.3) is 0 Å². The first-order valence-corrected chi connectivity index (χ1v) is 5.56. The maximum absolute atomic E-state index is 10.4. The number of aryl methyl sites for hydroxylation is 1. The predicted molar refractivity (Wildman–Crippen MR) is 61.4 cm³/mol. The molecule has 0 aliphatic heterocycles. The number of rotatable bonds is 7. The van der Waals surface area contributed by atoms with E-state index in [-0.39, 0.29) is 6.61 Å². The molecule has 1 aromatic heterocycles. The van der Waals surface area contributed by atoms with Crippen LogP contribution in [0.4, 0.5) is 0 Å². The maximum atomic E-state index is 10.4. The Hall–Kier alpha value is -1.21. The molecule has 1 aromatic rings. The van der Waals surface area contributed by atoms with E-state index in [4.69, 9.17) is 22.7 Å². The first kappa shape index (κ1) is 12.9. The number of nitrogens with zero attached hydrogens (tertiary/aromatic N) is 2. The Labute approximate surface area is 98.8 Å². The number of aromatic amines is 1. The van der Waals surface area contributed by atoms with Crippen molar-refractivity contribution >= 4 is 18.1 Å². The van der Waals surface area contributed by atoms with E-state index in [0.29, 0.717) is 17.9 Å². The molecular weight excluding hydrogens is 228 g/mol. The van der Waals surface area contributed by atoms with Gasteiger partial charge >= 0.3 is 0 Å². The fraction of sp³-hybridized carbons (Fsp3) is 0.667. The number of amides is 1. The van der Waals surface area contributed by atoms with Gasteiger partial charge in [0, 0.05) is 6.42 Å². The lowest BCUT2D eigenvalue weighted by Gasteiger charge is -2.05. The fourth-order valence-corrected chi connectivity index (χ4v) is 1.57. The summed E-state index contributed by atoms with van der Waals surface area (Å²) in [5, 5.41) is 6.86. The Kier molecular flexibility index (Phi) is 5.13. The topological polar surface area (TPSA) is 85.9 Å². The summed E-state index contributed by atoms with van der Waals surface area (Å²) in [6, 6.07) is 0. The van der Waals surface area contributed by atoms with E-state index < -0.39 is 5.91 Å². The Morgan fingerprint density at radius 2 is 2.44 bits per heavy atom. The molecule has 6 nitrogen and oxygen atoms in total. The minimum atomic E-state index is -0.468. The minimum absolute atomic E-state index is 0.0612. The van der Waals surface area contributed by atoms with Gasteiger partial charge in [0.05, 0.1) is 13.2 Å². The van der Waals surface area contributed by atoms with Crippen molar-refractivity contribution in [3.63, 3.8) is 0 Å². The van der Waals surface area contributed by atoms with Gasteiger partial charge in [-0.25, -0.2) is 0 Å². The number of carbonyl (C=O) groups is 1. The Bertz CT molecular complexity index is 398. The maximum Gasteiger partial charge on any atom is 0.243 e. The molecule has 0 aliphatic rings. The van der Waals surface area contributed by atoms with Crippen LogP contribution in [0.2, 0.25) is 0 Å². The van der Waals surface area contributed by atoms with Gasteiger partial charge in [-0.3, -0.25) is 9.89 Å². The normalized spacial score (nSPS) is 10.6. The molecule has 3 N–H and O–H groups in total. The van der Waals surface area contributed by atoms with Gasteiger partial charge < -0.3 is 15.0 Å². The molecule has 1 amide bonds. The van der Waals surface area contributed by atoms with Crippen LogP contribution in [0.1, 0.15) is 19.2 Å². The number of H-pyrrole nitrogens is 1. The summed E-state index contributed by atoms with van der Waals surface area (Å²) >= 11 is 5.09. The minimum Gasteiger partial charge on any atom is -0.370 e. The molecular formula is C9H16N4O2S. The summed E-state index contributed by atoms with van der Waals surface area (Å²) < 4.78 is 7.52. The number of aromatic nitrogens is 3. The van der Waals surface area contributed by atoms with Gasteiger partial charge in [0.15, 0.2) is 4.77 Å². The summed E-state index contributed by atoms with van der Waals surface area (Å²) in [4.78, 5) is 10.4. The van der Waals surface area contributed by atoms with Gasteiger partial charge in [-0.2, -0.15) is 5.10 Å². The second-order valence-electron chi connectivity index (χ2n) is 3.37. The Balaban J connectivity index is 2.49. The number of nitrogens with two attached hydrogens (primary N) is 1. The molecule has 0 unspecified atom stereocenters. The molecule has 7 heteroatoms. The van der Waals surface area contributed by atoms with Crippen molar-refractivity contribution in [3.05, 3.63) is 10.6 Å². The lowest BCUT2D eigenvalue weighted by atomic mass is 10.3. The van der Waals surface area contributed by atoms with E-state index in [1.807, 2.05) is 4.57 Å². The van der Waals surface area contributed by atoms with Crippen LogP contribution in [-0.4, -0.2) is 33.9 Å². The molecule has 0 fully saturated rings. The van der Waals surface area contributed by atoms with Crippen molar-refractivity contribution in [3.8, 4) is 0 Å². The monoisotopic (exact) mass is 244 g/mol. The third-order valence-corrected chi connectivity index (χ3v) is 2.33. The van der Waals surface area contributed by atoms with Crippen LogP contribution < -0.4 is 5.73 Å². The second-order valence-corrected chi connectivity index (χ2v) is 3.75. The Morgan fingerprint density at radius 3 is 3.06 bits per heavy atom.